The van der Waals surface area contributed by atoms with Crippen LogP contribution in [0.3, 0.4) is 0 Å². The number of allylic oxidation sites excluding steroid dienone is 2. The molecule has 8 heteroatoms. The molecule has 0 spiro atoms. The molecule has 2 aromatic heterocycles. The summed E-state index contributed by atoms with van der Waals surface area (Å²) in [6.07, 6.45) is 3.27. The lowest BCUT2D eigenvalue weighted by Gasteiger charge is -2.37. The molecule has 0 radical (unpaired) electrons. The third-order valence-electron chi connectivity index (χ3n) is 8.06. The first-order valence-electron chi connectivity index (χ1n) is 12.1. The Kier molecular flexibility index (Phi) is 5.89. The zero-order valence-electron chi connectivity index (χ0n) is 19.5. The highest BCUT2D eigenvalue weighted by Crippen LogP contribution is 2.50. The van der Waals surface area contributed by atoms with Crippen molar-refractivity contribution in [1.82, 2.24) is 15.3 Å². The minimum Gasteiger partial charge on any atom is -0.299 e. The summed E-state index contributed by atoms with van der Waals surface area (Å²) in [5, 5.41) is 22.3. The Bertz CT molecular complexity index is 1240. The minimum atomic E-state index is -4.26. The van der Waals surface area contributed by atoms with Gasteiger partial charge in [-0.1, -0.05) is 32.3 Å². The number of hydrogen-bond acceptors (Lipinski definition) is 5. The number of hydrogen-bond donors (Lipinski definition) is 1. The topological polar surface area (TPSA) is 85.4 Å². The molecule has 2 heterocycles. The maximum absolute atomic E-state index is 13.2. The summed E-state index contributed by atoms with van der Waals surface area (Å²) in [7, 11) is 0. The van der Waals surface area contributed by atoms with Crippen LogP contribution in [0.25, 0.3) is 11.1 Å². The van der Waals surface area contributed by atoms with Crippen molar-refractivity contribution >= 4 is 11.1 Å². The summed E-state index contributed by atoms with van der Waals surface area (Å²) < 4.78 is 39.7. The molecule has 5 rings (SSSR count). The Morgan fingerprint density at radius 3 is 2.43 bits per heavy atom. The van der Waals surface area contributed by atoms with E-state index in [9.17, 15) is 23.7 Å². The van der Waals surface area contributed by atoms with E-state index in [0.29, 0.717) is 46.2 Å². The van der Waals surface area contributed by atoms with Gasteiger partial charge in [-0.15, -0.1) is 0 Å². The van der Waals surface area contributed by atoms with Crippen LogP contribution in [0, 0.1) is 34.5 Å². The molecular weight excluding hydrogens is 451 g/mol. The largest absolute Gasteiger partial charge is 0.406 e. The Morgan fingerprint density at radius 1 is 1.11 bits per heavy atom. The van der Waals surface area contributed by atoms with Crippen LogP contribution in [-0.4, -0.2) is 21.7 Å². The Hall–Kier alpha value is -3.23. The molecule has 180 valence electrons. The third kappa shape index (κ3) is 4.21. The Labute approximate surface area is 202 Å². The monoisotopic (exact) mass is 477 g/mol. The molecule has 5 nitrogen and oxygen atoms in total. The molecule has 0 aliphatic heterocycles. The van der Waals surface area contributed by atoms with Crippen LogP contribution in [0.5, 0.6) is 0 Å². The van der Waals surface area contributed by atoms with Crippen molar-refractivity contribution in [2.24, 2.45) is 11.8 Å². The maximum atomic E-state index is 13.2. The summed E-state index contributed by atoms with van der Waals surface area (Å²) in [4.78, 5) is 9.20. The van der Waals surface area contributed by atoms with Crippen LogP contribution < -0.4 is 5.32 Å². The lowest BCUT2D eigenvalue weighted by molar-refractivity contribution is -0.166. The van der Waals surface area contributed by atoms with Gasteiger partial charge < -0.3 is 0 Å². The highest BCUT2D eigenvalue weighted by molar-refractivity contribution is 5.98. The second-order valence-electron chi connectivity index (χ2n) is 10.1. The van der Waals surface area contributed by atoms with Crippen molar-refractivity contribution in [3.63, 3.8) is 0 Å². The lowest BCUT2D eigenvalue weighted by atomic mass is 9.68. The normalized spacial score (nSPS) is 23.5. The number of alkyl halides is 3. The molecule has 0 saturated heterocycles. The summed E-state index contributed by atoms with van der Waals surface area (Å²) in [6, 6.07) is 9.79. The van der Waals surface area contributed by atoms with Gasteiger partial charge in [0.25, 0.3) is 0 Å². The number of halogens is 3. The molecule has 0 amide bonds. The molecule has 1 N–H and O–H groups in total. The van der Waals surface area contributed by atoms with E-state index in [1.165, 1.54) is 6.42 Å². The Morgan fingerprint density at radius 2 is 1.89 bits per heavy atom. The number of aromatic nitrogens is 2. The van der Waals surface area contributed by atoms with Gasteiger partial charge in [-0.25, -0.2) is 0 Å². The second kappa shape index (κ2) is 8.77. The fourth-order valence-electron chi connectivity index (χ4n) is 5.45. The predicted octanol–water partition coefficient (Wildman–Crippen LogP) is 5.89. The molecule has 2 unspecified atom stereocenters. The van der Waals surface area contributed by atoms with E-state index in [4.69, 9.17) is 0 Å². The first-order chi connectivity index (χ1) is 16.8. The molecule has 3 aliphatic rings. The van der Waals surface area contributed by atoms with Gasteiger partial charge in [-0.3, -0.25) is 15.3 Å². The molecule has 2 aromatic rings. The molecule has 35 heavy (non-hydrogen) atoms. The van der Waals surface area contributed by atoms with Crippen LogP contribution in [0.2, 0.25) is 0 Å². The van der Waals surface area contributed by atoms with Crippen molar-refractivity contribution in [3.05, 3.63) is 58.7 Å². The number of nitrogens with zero attached hydrogens (tertiary/aromatic N) is 4. The standard InChI is InChI=1S/C27H26F3N5/c1-16-20(19-3-2-4-19)10-21(23(12-32)22-9-18(11-31)14-34-25(16)22)24-6-5-17(13-33-24)15-35-26(7-8-26)27(28,29)30/h5-6,9,13-14,16,19-20,35H,2-4,7-8,10,15H2,1H3. The van der Waals surface area contributed by atoms with Gasteiger partial charge in [-0.05, 0) is 54.4 Å². The smallest absolute Gasteiger partial charge is 0.299 e. The fourth-order valence-corrected chi connectivity index (χ4v) is 5.45. The summed E-state index contributed by atoms with van der Waals surface area (Å²) >= 11 is 0. The highest BCUT2D eigenvalue weighted by atomic mass is 19.4. The molecular formula is C27H26F3N5. The molecule has 0 bridgehead atoms. The molecule has 2 fully saturated rings. The molecule has 2 atom stereocenters. The average molecular weight is 478 g/mol. The van der Waals surface area contributed by atoms with E-state index in [2.05, 4.69) is 34.3 Å². The van der Waals surface area contributed by atoms with Gasteiger partial charge in [0, 0.05) is 30.4 Å². The zero-order valence-corrected chi connectivity index (χ0v) is 19.5. The SMILES string of the molecule is CC1c2ncc(C#N)cc2C(C#N)=C(c2ccc(CNC3(C(F)(F)F)CC3)cn2)CC1C1CCC1. The second-order valence-corrected chi connectivity index (χ2v) is 10.1. The quantitative estimate of drug-likeness (QED) is 0.580. The first-order valence-corrected chi connectivity index (χ1v) is 12.1. The van der Waals surface area contributed by atoms with Crippen LogP contribution in [-0.2, 0) is 6.54 Å². The van der Waals surface area contributed by atoms with Crippen LogP contribution in [0.15, 0.2) is 30.6 Å². The summed E-state index contributed by atoms with van der Waals surface area (Å²) in [5.74, 6) is 0.974. The summed E-state index contributed by atoms with van der Waals surface area (Å²) in [6.45, 7) is 2.23. The number of pyridine rings is 2. The fraction of sp³-hybridized carbons (Fsp3) is 0.481. The highest BCUT2D eigenvalue weighted by Gasteiger charge is 2.62. The molecule has 0 aromatic carbocycles. The van der Waals surface area contributed by atoms with Gasteiger partial charge in [0.15, 0.2) is 0 Å². The molecule has 3 aliphatic carbocycles. The number of fused-ring (bicyclic) bond motifs is 1. The molecule has 2 saturated carbocycles. The van der Waals surface area contributed by atoms with Crippen LogP contribution in [0.4, 0.5) is 13.2 Å². The lowest BCUT2D eigenvalue weighted by Crippen LogP contribution is -2.44. The minimum absolute atomic E-state index is 0.0803. The van der Waals surface area contributed by atoms with Gasteiger partial charge in [-0.2, -0.15) is 23.7 Å². The van der Waals surface area contributed by atoms with E-state index in [-0.39, 0.29) is 25.3 Å². The van der Waals surface area contributed by atoms with Gasteiger partial charge in [0.1, 0.15) is 17.7 Å². The van der Waals surface area contributed by atoms with E-state index in [1.807, 2.05) is 0 Å². The number of nitriles is 2. The van der Waals surface area contributed by atoms with Crippen molar-refractivity contribution in [2.45, 2.75) is 69.6 Å². The van der Waals surface area contributed by atoms with Crippen LogP contribution in [0.1, 0.15) is 79.4 Å². The Balaban J connectivity index is 1.49. The van der Waals surface area contributed by atoms with Crippen LogP contribution >= 0.6 is 0 Å². The van der Waals surface area contributed by atoms with Gasteiger partial charge >= 0.3 is 6.18 Å². The first kappa shape index (κ1) is 23.5. The van der Waals surface area contributed by atoms with Crippen molar-refractivity contribution in [1.29, 1.82) is 10.5 Å². The maximum Gasteiger partial charge on any atom is 0.406 e. The van der Waals surface area contributed by atoms with Crippen molar-refractivity contribution in [3.8, 4) is 12.1 Å². The van der Waals surface area contributed by atoms with E-state index in [0.717, 1.165) is 24.1 Å². The van der Waals surface area contributed by atoms with Gasteiger partial charge in [0.05, 0.1) is 22.5 Å². The summed E-state index contributed by atoms with van der Waals surface area (Å²) in [5.41, 5.74) is 2.76. The van der Waals surface area contributed by atoms with E-state index in [1.54, 1.807) is 30.6 Å². The van der Waals surface area contributed by atoms with Crippen molar-refractivity contribution in [2.75, 3.05) is 0 Å². The van der Waals surface area contributed by atoms with E-state index < -0.39 is 11.7 Å². The zero-order chi connectivity index (χ0) is 24.8. The van der Waals surface area contributed by atoms with E-state index >= 15 is 0 Å². The predicted molar refractivity (Wildman–Crippen MR) is 124 cm³/mol. The third-order valence-corrected chi connectivity index (χ3v) is 8.06. The van der Waals surface area contributed by atoms with Crippen molar-refractivity contribution < 1.29 is 13.2 Å². The van der Waals surface area contributed by atoms with Gasteiger partial charge in [0.2, 0.25) is 0 Å². The number of nitrogens with one attached hydrogen (secondary N) is 1. The number of rotatable bonds is 5. The average Bonchev–Trinajstić information content (AvgIpc) is 3.62.